The molecular weight excluding hydrogens is 161 g/mol. The van der Waals surface area contributed by atoms with Crippen LogP contribution in [0.25, 0.3) is 0 Å². The molecule has 5 heteroatoms. The number of halogens is 3. The molecule has 0 aromatic carbocycles. The Hall–Kier alpha value is -1.18. The van der Waals surface area contributed by atoms with E-state index in [1.807, 2.05) is 0 Å². The number of hydrogen-bond acceptors (Lipinski definition) is 2. The van der Waals surface area contributed by atoms with E-state index < -0.39 is 18.5 Å². The van der Waals surface area contributed by atoms with Gasteiger partial charge >= 0.3 is 11.9 Å². The summed E-state index contributed by atoms with van der Waals surface area (Å²) in [6.45, 7) is -0.267. The fourth-order valence-corrected chi connectivity index (χ4v) is 0.256. The minimum Gasteiger partial charge on any atom is -0.448 e. The van der Waals surface area contributed by atoms with E-state index in [9.17, 15) is 18.0 Å². The van der Waals surface area contributed by atoms with Crippen molar-refractivity contribution in [3.8, 4) is 12.1 Å². The fourth-order valence-electron chi connectivity index (χ4n) is 0.256. The van der Waals surface area contributed by atoms with Crippen LogP contribution in [0.3, 0.4) is 0 Å². The summed E-state index contributed by atoms with van der Waals surface area (Å²) in [6.07, 6.45) is 0.902. The standard InChI is InChI=1S/C6H5F3O2/c1-6(8,9)5(10)11-4-2-3-7/h4H2,1H3. The summed E-state index contributed by atoms with van der Waals surface area (Å²) in [6, 6.07) is 0. The van der Waals surface area contributed by atoms with E-state index >= 15 is 0 Å². The number of rotatable bonds is 2. The Bertz CT molecular complexity index is 196. The minimum atomic E-state index is -3.54. The highest BCUT2D eigenvalue weighted by Gasteiger charge is 2.33. The third kappa shape index (κ3) is 4.25. The molecule has 0 bridgehead atoms. The predicted molar refractivity (Wildman–Crippen MR) is 30.5 cm³/mol. The molecule has 0 saturated heterocycles. The first-order valence-electron chi connectivity index (χ1n) is 2.62. The van der Waals surface area contributed by atoms with Gasteiger partial charge in [-0.05, 0) is 5.92 Å². The average molecular weight is 166 g/mol. The van der Waals surface area contributed by atoms with Crippen molar-refractivity contribution < 1.29 is 22.7 Å². The molecule has 0 N–H and O–H groups in total. The first-order chi connectivity index (χ1) is 4.98. The van der Waals surface area contributed by atoms with E-state index in [2.05, 4.69) is 4.74 Å². The number of esters is 1. The Morgan fingerprint density at radius 1 is 1.64 bits per heavy atom. The lowest BCUT2D eigenvalue weighted by Crippen LogP contribution is -2.26. The van der Waals surface area contributed by atoms with Crippen LogP contribution in [0, 0.1) is 12.1 Å². The van der Waals surface area contributed by atoms with Crippen molar-refractivity contribution in [1.82, 2.24) is 0 Å². The lowest BCUT2D eigenvalue weighted by Gasteiger charge is -2.06. The molecule has 0 rings (SSSR count). The van der Waals surface area contributed by atoms with Gasteiger partial charge in [-0.2, -0.15) is 8.78 Å². The van der Waals surface area contributed by atoms with Crippen LogP contribution in [0.4, 0.5) is 13.2 Å². The molecule has 0 spiro atoms. The molecule has 0 saturated carbocycles. The Kier molecular flexibility index (Phi) is 3.45. The van der Waals surface area contributed by atoms with E-state index in [4.69, 9.17) is 0 Å². The van der Waals surface area contributed by atoms with Crippen LogP contribution < -0.4 is 0 Å². The van der Waals surface area contributed by atoms with Gasteiger partial charge in [-0.15, -0.1) is 4.39 Å². The van der Waals surface area contributed by atoms with Gasteiger partial charge in [0.25, 0.3) is 0 Å². The average Bonchev–Trinajstić information content (AvgIpc) is 1.86. The lowest BCUT2D eigenvalue weighted by atomic mass is 10.4. The molecular formula is C6H5F3O2. The maximum absolute atomic E-state index is 11.9. The van der Waals surface area contributed by atoms with Crippen LogP contribution in [0.2, 0.25) is 0 Å². The molecule has 0 amide bonds. The van der Waals surface area contributed by atoms with Crippen molar-refractivity contribution in [2.45, 2.75) is 12.8 Å². The normalized spacial score (nSPS) is 9.82. The lowest BCUT2D eigenvalue weighted by molar-refractivity contribution is -0.167. The highest BCUT2D eigenvalue weighted by atomic mass is 19.3. The van der Waals surface area contributed by atoms with Gasteiger partial charge in [-0.1, -0.05) is 0 Å². The summed E-state index contributed by atoms with van der Waals surface area (Å²) in [4.78, 5) is 10.2. The van der Waals surface area contributed by atoms with Crippen molar-refractivity contribution in [3.05, 3.63) is 0 Å². The highest BCUT2D eigenvalue weighted by Crippen LogP contribution is 2.12. The number of carbonyl (C=O) groups excluding carboxylic acids is 1. The summed E-state index contributed by atoms with van der Waals surface area (Å²) in [5.74, 6) is -3.59. The number of carbonyl (C=O) groups is 1. The maximum Gasteiger partial charge on any atom is 0.377 e. The minimum absolute atomic E-state index is 0.387. The van der Waals surface area contributed by atoms with Crippen LogP contribution in [-0.2, 0) is 9.53 Å². The summed E-state index contributed by atoms with van der Waals surface area (Å²) < 4.78 is 38.7. The molecule has 0 aliphatic rings. The topological polar surface area (TPSA) is 26.3 Å². The molecule has 0 fully saturated rings. The van der Waals surface area contributed by atoms with Crippen molar-refractivity contribution >= 4 is 5.97 Å². The monoisotopic (exact) mass is 166 g/mol. The van der Waals surface area contributed by atoms with Crippen molar-refractivity contribution in [2.75, 3.05) is 6.61 Å². The maximum atomic E-state index is 11.9. The van der Waals surface area contributed by atoms with Gasteiger partial charge in [-0.25, -0.2) is 4.79 Å². The molecule has 0 aromatic heterocycles. The molecule has 0 unspecified atom stereocenters. The Balaban J connectivity index is 3.77. The molecule has 0 heterocycles. The van der Waals surface area contributed by atoms with Crippen molar-refractivity contribution in [1.29, 1.82) is 0 Å². The molecule has 0 atom stereocenters. The van der Waals surface area contributed by atoms with Gasteiger partial charge < -0.3 is 4.74 Å². The van der Waals surface area contributed by atoms with Crippen LogP contribution >= 0.6 is 0 Å². The van der Waals surface area contributed by atoms with Crippen LogP contribution in [-0.4, -0.2) is 18.5 Å². The molecule has 62 valence electrons. The Labute approximate surface area is 61.3 Å². The Morgan fingerprint density at radius 3 is 2.55 bits per heavy atom. The van der Waals surface area contributed by atoms with E-state index in [-0.39, 0.29) is 0 Å². The molecule has 0 aliphatic heterocycles. The highest BCUT2D eigenvalue weighted by molar-refractivity contribution is 5.77. The second-order valence-electron chi connectivity index (χ2n) is 1.74. The Morgan fingerprint density at radius 2 is 2.18 bits per heavy atom. The van der Waals surface area contributed by atoms with Crippen LogP contribution in [0.1, 0.15) is 6.92 Å². The van der Waals surface area contributed by atoms with Crippen LogP contribution in [0.5, 0.6) is 0 Å². The molecule has 0 radical (unpaired) electrons. The summed E-state index contributed by atoms with van der Waals surface area (Å²) in [5.41, 5.74) is 0. The largest absolute Gasteiger partial charge is 0.448 e. The number of ether oxygens (including phenoxy) is 1. The van der Waals surface area contributed by atoms with Gasteiger partial charge in [0.05, 0.1) is 0 Å². The first-order valence-corrected chi connectivity index (χ1v) is 2.62. The van der Waals surface area contributed by atoms with Crippen molar-refractivity contribution in [2.24, 2.45) is 0 Å². The van der Waals surface area contributed by atoms with Gasteiger partial charge in [0.2, 0.25) is 0 Å². The van der Waals surface area contributed by atoms with Crippen molar-refractivity contribution in [3.63, 3.8) is 0 Å². The summed E-state index contributed by atoms with van der Waals surface area (Å²) >= 11 is 0. The SMILES string of the molecule is CC(F)(F)C(=O)OCC#CF. The van der Waals surface area contributed by atoms with E-state index in [1.165, 1.54) is 0 Å². The second-order valence-corrected chi connectivity index (χ2v) is 1.74. The second kappa shape index (κ2) is 3.86. The molecule has 2 nitrogen and oxygen atoms in total. The number of alkyl halides is 2. The molecule has 11 heavy (non-hydrogen) atoms. The van der Waals surface area contributed by atoms with E-state index in [1.54, 1.807) is 5.92 Å². The third-order valence-electron chi connectivity index (χ3n) is 0.701. The molecule has 0 aliphatic carbocycles. The zero-order valence-electron chi connectivity index (χ0n) is 5.66. The van der Waals surface area contributed by atoms with Gasteiger partial charge in [0.1, 0.15) is 6.17 Å². The smallest absolute Gasteiger partial charge is 0.377 e. The first kappa shape index (κ1) is 9.82. The van der Waals surface area contributed by atoms with Gasteiger partial charge in [-0.3, -0.25) is 0 Å². The summed E-state index contributed by atoms with van der Waals surface area (Å²) in [7, 11) is 0. The quantitative estimate of drug-likeness (QED) is 0.453. The zero-order chi connectivity index (χ0) is 8.91. The van der Waals surface area contributed by atoms with E-state index in [0.717, 1.165) is 6.17 Å². The fraction of sp³-hybridized carbons (Fsp3) is 0.500. The predicted octanol–water partition coefficient (Wildman–Crippen LogP) is 1.12. The van der Waals surface area contributed by atoms with Crippen LogP contribution in [0.15, 0.2) is 0 Å². The third-order valence-corrected chi connectivity index (χ3v) is 0.701. The van der Waals surface area contributed by atoms with E-state index in [0.29, 0.717) is 6.92 Å². The zero-order valence-corrected chi connectivity index (χ0v) is 5.66. The van der Waals surface area contributed by atoms with Gasteiger partial charge in [0.15, 0.2) is 6.61 Å². The molecule has 0 aromatic rings. The van der Waals surface area contributed by atoms with Gasteiger partial charge in [0, 0.05) is 6.92 Å². The summed E-state index contributed by atoms with van der Waals surface area (Å²) in [5, 5.41) is 0. The number of hydrogen-bond donors (Lipinski definition) is 0.